The number of anilines is 1. The van der Waals surface area contributed by atoms with Crippen LogP contribution in [0.15, 0.2) is 12.4 Å². The molecule has 0 aromatic carbocycles. The van der Waals surface area contributed by atoms with E-state index in [0.29, 0.717) is 18.1 Å². The van der Waals surface area contributed by atoms with Crippen LogP contribution in [-0.4, -0.2) is 53.0 Å². The quantitative estimate of drug-likeness (QED) is 0.667. The van der Waals surface area contributed by atoms with Gasteiger partial charge in [0.25, 0.3) is 0 Å². The van der Waals surface area contributed by atoms with Crippen LogP contribution < -0.4 is 10.2 Å². The zero-order valence-electron chi connectivity index (χ0n) is 10.6. The Kier molecular flexibility index (Phi) is 4.46. The van der Waals surface area contributed by atoms with Gasteiger partial charge < -0.3 is 20.4 Å². The minimum atomic E-state index is -0.954. The summed E-state index contributed by atoms with van der Waals surface area (Å²) in [6, 6.07) is 0. The molecule has 0 bridgehead atoms. The topological polar surface area (TPSA) is 81.5 Å². The molecule has 0 saturated carbocycles. The van der Waals surface area contributed by atoms with Crippen molar-refractivity contribution in [1.29, 1.82) is 0 Å². The summed E-state index contributed by atoms with van der Waals surface area (Å²) in [5.74, 6) is 0.701. The number of aliphatic hydroxyl groups excluding tert-OH is 2. The van der Waals surface area contributed by atoms with Crippen molar-refractivity contribution in [1.82, 2.24) is 15.3 Å². The van der Waals surface area contributed by atoms with Gasteiger partial charge in [0.15, 0.2) is 0 Å². The van der Waals surface area contributed by atoms with Gasteiger partial charge in [0, 0.05) is 37.6 Å². The molecule has 100 valence electrons. The maximum Gasteiger partial charge on any atom is 0.225 e. The van der Waals surface area contributed by atoms with Gasteiger partial charge in [0.2, 0.25) is 5.95 Å². The molecule has 2 rings (SSSR count). The third-order valence-electron chi connectivity index (χ3n) is 3.17. The van der Waals surface area contributed by atoms with E-state index in [-0.39, 0.29) is 0 Å². The number of aromatic nitrogens is 2. The highest BCUT2D eigenvalue weighted by Gasteiger charge is 2.20. The molecule has 1 aliphatic rings. The van der Waals surface area contributed by atoms with E-state index in [1.165, 1.54) is 12.8 Å². The fourth-order valence-electron chi connectivity index (χ4n) is 2.11. The molecule has 1 fully saturated rings. The highest BCUT2D eigenvalue weighted by molar-refractivity contribution is 5.31. The summed E-state index contributed by atoms with van der Waals surface area (Å²) in [7, 11) is 1.73. The summed E-state index contributed by atoms with van der Waals surface area (Å²) in [6.45, 7) is 2.31. The van der Waals surface area contributed by atoms with E-state index >= 15 is 0 Å². The number of likely N-dealkylation sites (N-methyl/N-ethyl adjacent to an activating group) is 1. The van der Waals surface area contributed by atoms with Crippen molar-refractivity contribution in [3.8, 4) is 0 Å². The lowest BCUT2D eigenvalue weighted by atomic mass is 10.1. The monoisotopic (exact) mass is 252 g/mol. The Morgan fingerprint density at radius 2 is 1.89 bits per heavy atom. The first-order chi connectivity index (χ1) is 8.72. The molecule has 1 aliphatic heterocycles. The van der Waals surface area contributed by atoms with Crippen molar-refractivity contribution in [2.75, 3.05) is 31.6 Å². The summed E-state index contributed by atoms with van der Waals surface area (Å²) in [4.78, 5) is 10.6. The molecule has 2 unspecified atom stereocenters. The summed E-state index contributed by atoms with van der Waals surface area (Å²) in [5, 5.41) is 22.4. The fraction of sp³-hybridized carbons (Fsp3) is 0.667. The number of nitrogens with zero attached hydrogens (tertiary/aromatic N) is 3. The van der Waals surface area contributed by atoms with Gasteiger partial charge in [-0.05, 0) is 19.9 Å². The molecular weight excluding hydrogens is 232 g/mol. The SMILES string of the molecule is CNCC(O)C(O)c1cnc(N2CCCC2)nc1. The number of hydrogen-bond donors (Lipinski definition) is 3. The average molecular weight is 252 g/mol. The molecule has 0 radical (unpaired) electrons. The van der Waals surface area contributed by atoms with E-state index in [4.69, 9.17) is 0 Å². The van der Waals surface area contributed by atoms with Gasteiger partial charge in [0.05, 0.1) is 6.10 Å². The highest BCUT2D eigenvalue weighted by atomic mass is 16.3. The van der Waals surface area contributed by atoms with Crippen molar-refractivity contribution < 1.29 is 10.2 Å². The van der Waals surface area contributed by atoms with Crippen LogP contribution in [0, 0.1) is 0 Å². The van der Waals surface area contributed by atoms with E-state index in [2.05, 4.69) is 20.2 Å². The second kappa shape index (κ2) is 6.08. The lowest BCUT2D eigenvalue weighted by Crippen LogP contribution is -2.30. The highest BCUT2D eigenvalue weighted by Crippen LogP contribution is 2.19. The van der Waals surface area contributed by atoms with Crippen LogP contribution in [0.4, 0.5) is 5.95 Å². The molecule has 0 spiro atoms. The van der Waals surface area contributed by atoms with Crippen LogP contribution in [0.3, 0.4) is 0 Å². The molecule has 0 aliphatic carbocycles. The van der Waals surface area contributed by atoms with Crippen LogP contribution in [-0.2, 0) is 0 Å². The van der Waals surface area contributed by atoms with E-state index in [1.807, 2.05) is 0 Å². The summed E-state index contributed by atoms with van der Waals surface area (Å²) < 4.78 is 0. The number of aliphatic hydroxyl groups is 2. The molecule has 6 heteroatoms. The predicted octanol–water partition coefficient (Wildman–Crippen LogP) is -0.310. The van der Waals surface area contributed by atoms with Crippen molar-refractivity contribution in [3.05, 3.63) is 18.0 Å². The first-order valence-corrected chi connectivity index (χ1v) is 6.30. The van der Waals surface area contributed by atoms with Crippen LogP contribution in [0.2, 0.25) is 0 Å². The van der Waals surface area contributed by atoms with Crippen molar-refractivity contribution in [2.24, 2.45) is 0 Å². The van der Waals surface area contributed by atoms with Gasteiger partial charge in [-0.2, -0.15) is 0 Å². The van der Waals surface area contributed by atoms with Crippen LogP contribution in [0.5, 0.6) is 0 Å². The third kappa shape index (κ3) is 2.95. The predicted molar refractivity (Wildman–Crippen MR) is 68.4 cm³/mol. The molecule has 18 heavy (non-hydrogen) atoms. The molecular formula is C12H20N4O2. The Bertz CT molecular complexity index is 365. The molecule has 1 saturated heterocycles. The van der Waals surface area contributed by atoms with Crippen molar-refractivity contribution in [2.45, 2.75) is 25.0 Å². The zero-order chi connectivity index (χ0) is 13.0. The Balaban J connectivity index is 2.02. The van der Waals surface area contributed by atoms with E-state index < -0.39 is 12.2 Å². The summed E-state index contributed by atoms with van der Waals surface area (Å²) >= 11 is 0. The second-order valence-corrected chi connectivity index (χ2v) is 4.58. The lowest BCUT2D eigenvalue weighted by molar-refractivity contribution is 0.0198. The largest absolute Gasteiger partial charge is 0.389 e. The molecule has 2 heterocycles. The van der Waals surface area contributed by atoms with Gasteiger partial charge in [-0.3, -0.25) is 0 Å². The van der Waals surface area contributed by atoms with Gasteiger partial charge in [-0.1, -0.05) is 0 Å². The van der Waals surface area contributed by atoms with Crippen LogP contribution in [0.1, 0.15) is 24.5 Å². The van der Waals surface area contributed by atoms with Crippen LogP contribution in [0.25, 0.3) is 0 Å². The normalized spacial score (nSPS) is 18.9. The first-order valence-electron chi connectivity index (χ1n) is 6.30. The second-order valence-electron chi connectivity index (χ2n) is 4.58. The van der Waals surface area contributed by atoms with E-state index in [1.54, 1.807) is 19.4 Å². The maximum absolute atomic E-state index is 9.89. The number of nitrogens with one attached hydrogen (secondary N) is 1. The van der Waals surface area contributed by atoms with Gasteiger partial charge in [-0.15, -0.1) is 0 Å². The fourth-order valence-corrected chi connectivity index (χ4v) is 2.11. The smallest absolute Gasteiger partial charge is 0.225 e. The van der Waals surface area contributed by atoms with Crippen molar-refractivity contribution in [3.63, 3.8) is 0 Å². The van der Waals surface area contributed by atoms with E-state index in [9.17, 15) is 10.2 Å². The Morgan fingerprint density at radius 1 is 1.28 bits per heavy atom. The Morgan fingerprint density at radius 3 is 2.44 bits per heavy atom. The summed E-state index contributed by atoms with van der Waals surface area (Å²) in [6.07, 6.45) is 3.72. The van der Waals surface area contributed by atoms with E-state index in [0.717, 1.165) is 13.1 Å². The molecule has 3 N–H and O–H groups in total. The molecule has 1 aromatic rings. The molecule has 6 nitrogen and oxygen atoms in total. The first kappa shape index (κ1) is 13.2. The number of rotatable bonds is 5. The standard InChI is InChI=1S/C12H20N4O2/c1-13-8-10(17)11(18)9-6-14-12(15-7-9)16-4-2-3-5-16/h6-7,10-11,13,17-18H,2-5,8H2,1H3. The lowest BCUT2D eigenvalue weighted by Gasteiger charge is -2.19. The molecule has 1 aromatic heterocycles. The van der Waals surface area contributed by atoms with Gasteiger partial charge >= 0.3 is 0 Å². The minimum absolute atomic E-state index is 0.328. The summed E-state index contributed by atoms with van der Waals surface area (Å²) in [5.41, 5.74) is 0.542. The van der Waals surface area contributed by atoms with Crippen LogP contribution >= 0.6 is 0 Å². The molecule has 0 amide bonds. The molecule has 2 atom stereocenters. The maximum atomic E-state index is 9.89. The van der Waals surface area contributed by atoms with Crippen molar-refractivity contribution >= 4 is 5.95 Å². The zero-order valence-corrected chi connectivity index (χ0v) is 10.6. The number of hydrogen-bond acceptors (Lipinski definition) is 6. The average Bonchev–Trinajstić information content (AvgIpc) is 2.92. The Labute approximate surface area is 107 Å². The van der Waals surface area contributed by atoms with Gasteiger partial charge in [-0.25, -0.2) is 9.97 Å². The van der Waals surface area contributed by atoms with Gasteiger partial charge in [0.1, 0.15) is 6.10 Å². The minimum Gasteiger partial charge on any atom is -0.389 e. The third-order valence-corrected chi connectivity index (χ3v) is 3.17. The Hall–Kier alpha value is -1.24.